The molecule has 0 spiro atoms. The zero-order chi connectivity index (χ0) is 14.9. The summed E-state index contributed by atoms with van der Waals surface area (Å²) in [5, 5.41) is 3.73. The fourth-order valence-corrected chi connectivity index (χ4v) is 3.57. The molecule has 1 aliphatic rings. The second-order valence-corrected chi connectivity index (χ2v) is 7.09. The number of sulfonamides is 1. The number of halogens is 1. The largest absolute Gasteiger partial charge is 0.384 e. The molecular formula is C15H15ClN2O2S. The van der Waals surface area contributed by atoms with Crippen LogP contribution in [0.5, 0.6) is 0 Å². The van der Waals surface area contributed by atoms with E-state index in [4.69, 9.17) is 11.6 Å². The highest BCUT2D eigenvalue weighted by Crippen LogP contribution is 2.25. The van der Waals surface area contributed by atoms with Gasteiger partial charge in [0.2, 0.25) is 10.0 Å². The lowest BCUT2D eigenvalue weighted by molar-refractivity contribution is 0.581. The second-order valence-electron chi connectivity index (χ2n) is 4.91. The molecule has 0 radical (unpaired) electrons. The van der Waals surface area contributed by atoms with Gasteiger partial charge in [0, 0.05) is 23.8 Å². The topological polar surface area (TPSA) is 58.2 Å². The zero-order valence-corrected chi connectivity index (χ0v) is 12.8. The van der Waals surface area contributed by atoms with Crippen molar-refractivity contribution in [2.24, 2.45) is 0 Å². The fourth-order valence-electron chi connectivity index (χ4n) is 2.33. The van der Waals surface area contributed by atoms with Gasteiger partial charge in [0.25, 0.3) is 0 Å². The number of fused-ring (bicyclic) bond motifs is 1. The summed E-state index contributed by atoms with van der Waals surface area (Å²) in [5.74, 6) is 0. The summed E-state index contributed by atoms with van der Waals surface area (Å²) in [4.78, 5) is 0.266. The summed E-state index contributed by atoms with van der Waals surface area (Å²) >= 11 is 6.03. The molecule has 1 heterocycles. The smallest absolute Gasteiger partial charge is 0.240 e. The van der Waals surface area contributed by atoms with Crippen molar-refractivity contribution < 1.29 is 8.42 Å². The molecule has 0 atom stereocenters. The Balaban J connectivity index is 1.80. The maximum Gasteiger partial charge on any atom is 0.240 e. The van der Waals surface area contributed by atoms with Gasteiger partial charge < -0.3 is 5.32 Å². The van der Waals surface area contributed by atoms with Gasteiger partial charge >= 0.3 is 0 Å². The molecule has 1 aliphatic heterocycles. The quantitative estimate of drug-likeness (QED) is 0.910. The van der Waals surface area contributed by atoms with Crippen molar-refractivity contribution in [1.29, 1.82) is 0 Å². The highest BCUT2D eigenvalue weighted by Gasteiger charge is 2.18. The van der Waals surface area contributed by atoms with E-state index in [9.17, 15) is 8.42 Å². The second kappa shape index (κ2) is 5.67. The number of anilines is 1. The summed E-state index contributed by atoms with van der Waals surface area (Å²) in [5.41, 5.74) is 2.80. The highest BCUT2D eigenvalue weighted by atomic mass is 35.5. The standard InChI is InChI=1S/C15H15ClN2O2S/c16-14-4-2-1-3-12(14)10-18-21(19,20)13-6-5-11-7-8-17-15(11)9-13/h1-6,9,17-18H,7-8,10H2. The third kappa shape index (κ3) is 3.05. The Labute approximate surface area is 129 Å². The van der Waals surface area contributed by atoms with Crippen LogP contribution in [-0.4, -0.2) is 15.0 Å². The molecule has 4 nitrogen and oxygen atoms in total. The molecule has 0 aromatic heterocycles. The highest BCUT2D eigenvalue weighted by molar-refractivity contribution is 7.89. The van der Waals surface area contributed by atoms with Crippen molar-refractivity contribution >= 4 is 27.3 Å². The van der Waals surface area contributed by atoms with Crippen LogP contribution < -0.4 is 10.0 Å². The average molecular weight is 323 g/mol. The summed E-state index contributed by atoms with van der Waals surface area (Å²) < 4.78 is 27.3. The number of hydrogen-bond donors (Lipinski definition) is 2. The van der Waals surface area contributed by atoms with E-state index in [1.54, 1.807) is 24.3 Å². The van der Waals surface area contributed by atoms with Crippen molar-refractivity contribution in [2.75, 3.05) is 11.9 Å². The molecule has 3 rings (SSSR count). The molecule has 2 N–H and O–H groups in total. The number of rotatable bonds is 4. The van der Waals surface area contributed by atoms with Gasteiger partial charge in [-0.2, -0.15) is 0 Å². The molecule has 0 bridgehead atoms. The maximum atomic E-state index is 12.3. The third-order valence-corrected chi connectivity index (χ3v) is 5.28. The van der Waals surface area contributed by atoms with E-state index in [2.05, 4.69) is 10.0 Å². The van der Waals surface area contributed by atoms with Crippen LogP contribution in [0.3, 0.4) is 0 Å². The van der Waals surface area contributed by atoms with Crippen LogP contribution in [0.2, 0.25) is 5.02 Å². The predicted molar refractivity (Wildman–Crippen MR) is 84.1 cm³/mol. The van der Waals surface area contributed by atoms with E-state index in [-0.39, 0.29) is 11.4 Å². The first kappa shape index (κ1) is 14.4. The van der Waals surface area contributed by atoms with E-state index in [0.29, 0.717) is 5.02 Å². The van der Waals surface area contributed by atoms with Crippen LogP contribution in [0.1, 0.15) is 11.1 Å². The summed E-state index contributed by atoms with van der Waals surface area (Å²) in [6.07, 6.45) is 0.933. The average Bonchev–Trinajstić information content (AvgIpc) is 2.94. The normalized spacial score (nSPS) is 13.8. The van der Waals surface area contributed by atoms with E-state index in [1.807, 2.05) is 18.2 Å². The van der Waals surface area contributed by atoms with Gasteiger partial charge in [-0.25, -0.2) is 13.1 Å². The molecule has 0 saturated carbocycles. The van der Waals surface area contributed by atoms with Crippen LogP contribution in [0.25, 0.3) is 0 Å². The lowest BCUT2D eigenvalue weighted by atomic mass is 10.2. The van der Waals surface area contributed by atoms with E-state index in [1.165, 1.54) is 0 Å². The minimum absolute atomic E-state index is 0.173. The van der Waals surface area contributed by atoms with Crippen LogP contribution in [0.4, 0.5) is 5.69 Å². The molecular weight excluding hydrogens is 308 g/mol. The predicted octanol–water partition coefficient (Wildman–Crippen LogP) is 2.79. The summed E-state index contributed by atoms with van der Waals surface area (Å²) in [6.45, 7) is 1.03. The lowest BCUT2D eigenvalue weighted by Crippen LogP contribution is -2.23. The molecule has 2 aromatic rings. The molecule has 0 aliphatic carbocycles. The Hall–Kier alpha value is -1.56. The minimum Gasteiger partial charge on any atom is -0.384 e. The van der Waals surface area contributed by atoms with Crippen molar-refractivity contribution in [3.8, 4) is 0 Å². The van der Waals surface area contributed by atoms with Crippen LogP contribution in [0.15, 0.2) is 47.4 Å². The molecule has 0 fully saturated rings. The van der Waals surface area contributed by atoms with E-state index >= 15 is 0 Å². The Morgan fingerprint density at radius 3 is 2.81 bits per heavy atom. The van der Waals surface area contributed by atoms with Gasteiger partial charge in [0.15, 0.2) is 0 Å². The van der Waals surface area contributed by atoms with Crippen molar-refractivity contribution in [3.05, 3.63) is 58.6 Å². The van der Waals surface area contributed by atoms with E-state index in [0.717, 1.165) is 29.8 Å². The van der Waals surface area contributed by atoms with Gasteiger partial charge in [-0.3, -0.25) is 0 Å². The van der Waals surface area contributed by atoms with Crippen molar-refractivity contribution in [3.63, 3.8) is 0 Å². The third-order valence-electron chi connectivity index (χ3n) is 3.51. The summed E-state index contributed by atoms with van der Waals surface area (Å²) in [7, 11) is -3.55. The Morgan fingerprint density at radius 2 is 2.00 bits per heavy atom. The summed E-state index contributed by atoms with van der Waals surface area (Å²) in [6, 6.07) is 12.4. The lowest BCUT2D eigenvalue weighted by Gasteiger charge is -2.09. The van der Waals surface area contributed by atoms with Gasteiger partial charge in [0.05, 0.1) is 4.90 Å². The molecule has 0 amide bonds. The Bertz CT molecular complexity index is 775. The van der Waals surface area contributed by atoms with Crippen LogP contribution in [-0.2, 0) is 23.0 Å². The van der Waals surface area contributed by atoms with E-state index < -0.39 is 10.0 Å². The molecule has 0 saturated heterocycles. The molecule has 0 unspecified atom stereocenters. The SMILES string of the molecule is O=S(=O)(NCc1ccccc1Cl)c1ccc2c(c1)NCC2. The first-order valence-electron chi connectivity index (χ1n) is 6.66. The van der Waals surface area contributed by atoms with Crippen molar-refractivity contribution in [1.82, 2.24) is 4.72 Å². The number of nitrogens with one attached hydrogen (secondary N) is 2. The van der Waals surface area contributed by atoms with Gasteiger partial charge in [0.1, 0.15) is 0 Å². The van der Waals surface area contributed by atoms with Crippen LogP contribution >= 0.6 is 11.6 Å². The Morgan fingerprint density at radius 1 is 1.19 bits per heavy atom. The maximum absolute atomic E-state index is 12.3. The van der Waals surface area contributed by atoms with Crippen LogP contribution in [0, 0.1) is 0 Å². The fraction of sp³-hybridized carbons (Fsp3) is 0.200. The van der Waals surface area contributed by atoms with Gasteiger partial charge in [-0.15, -0.1) is 0 Å². The Kier molecular flexibility index (Phi) is 3.89. The molecule has 21 heavy (non-hydrogen) atoms. The minimum atomic E-state index is -3.55. The molecule has 6 heteroatoms. The van der Waals surface area contributed by atoms with Gasteiger partial charge in [-0.05, 0) is 35.7 Å². The number of hydrogen-bond acceptors (Lipinski definition) is 3. The van der Waals surface area contributed by atoms with Crippen molar-refractivity contribution in [2.45, 2.75) is 17.9 Å². The first-order chi connectivity index (χ1) is 10.1. The monoisotopic (exact) mass is 322 g/mol. The zero-order valence-electron chi connectivity index (χ0n) is 11.3. The first-order valence-corrected chi connectivity index (χ1v) is 8.52. The molecule has 110 valence electrons. The van der Waals surface area contributed by atoms with Gasteiger partial charge in [-0.1, -0.05) is 35.9 Å². The number of benzene rings is 2. The molecule has 2 aromatic carbocycles.